The second-order valence-electron chi connectivity index (χ2n) is 5.74. The van der Waals surface area contributed by atoms with Gasteiger partial charge in [-0.1, -0.05) is 24.9 Å². The second-order valence-corrected chi connectivity index (χ2v) is 6.18. The Bertz CT molecular complexity index is 962. The van der Waals surface area contributed by atoms with E-state index in [9.17, 15) is 9.59 Å². The number of aromatic amines is 1. The predicted octanol–water partition coefficient (Wildman–Crippen LogP) is 4.33. The third-order valence-electron chi connectivity index (χ3n) is 3.78. The number of hydrogen-bond donors (Lipinski definition) is 1. The summed E-state index contributed by atoms with van der Waals surface area (Å²) in [6.45, 7) is 3.37. The Kier molecular flexibility index (Phi) is 4.86. The molecule has 3 rings (SSSR count). The molecule has 0 unspecified atom stereocenters. The standard InChI is InChI=1S/C19H17ClN2O3/c1-3-4-12-7-8-21-16(9-12)18(24)17-19(25-11(2)23)14-6-5-13(20)10-15(14)22-17/h5-10,22H,3-4H2,1-2H3. The highest BCUT2D eigenvalue weighted by Crippen LogP contribution is 2.33. The molecule has 1 N–H and O–H groups in total. The molecule has 2 aromatic heterocycles. The monoisotopic (exact) mass is 356 g/mol. The van der Waals surface area contributed by atoms with Crippen molar-refractivity contribution in [1.82, 2.24) is 9.97 Å². The maximum absolute atomic E-state index is 12.9. The van der Waals surface area contributed by atoms with Gasteiger partial charge in [-0.2, -0.15) is 0 Å². The zero-order chi connectivity index (χ0) is 18.0. The molecule has 0 aliphatic rings. The number of carbonyl (C=O) groups excluding carboxylic acids is 2. The molecule has 3 aromatic rings. The molecule has 0 amide bonds. The zero-order valence-corrected chi connectivity index (χ0v) is 14.7. The predicted molar refractivity (Wildman–Crippen MR) is 96.3 cm³/mol. The molecule has 0 spiro atoms. The summed E-state index contributed by atoms with van der Waals surface area (Å²) in [6, 6.07) is 8.73. The van der Waals surface area contributed by atoms with E-state index in [4.69, 9.17) is 16.3 Å². The van der Waals surface area contributed by atoms with Gasteiger partial charge >= 0.3 is 5.97 Å². The van der Waals surface area contributed by atoms with Gasteiger partial charge in [0, 0.05) is 23.5 Å². The van der Waals surface area contributed by atoms with Crippen molar-refractivity contribution in [2.45, 2.75) is 26.7 Å². The van der Waals surface area contributed by atoms with E-state index in [1.165, 1.54) is 6.92 Å². The van der Waals surface area contributed by atoms with Crippen molar-refractivity contribution in [1.29, 1.82) is 0 Å². The number of esters is 1. The minimum atomic E-state index is -0.502. The van der Waals surface area contributed by atoms with Crippen molar-refractivity contribution in [2.24, 2.45) is 0 Å². The van der Waals surface area contributed by atoms with Crippen LogP contribution in [-0.2, 0) is 11.2 Å². The van der Waals surface area contributed by atoms with Crippen LogP contribution in [0.3, 0.4) is 0 Å². The van der Waals surface area contributed by atoms with Crippen LogP contribution >= 0.6 is 11.6 Å². The van der Waals surface area contributed by atoms with Gasteiger partial charge in [0.1, 0.15) is 11.4 Å². The number of aromatic nitrogens is 2. The van der Waals surface area contributed by atoms with Crippen LogP contribution in [0.1, 0.15) is 42.0 Å². The lowest BCUT2D eigenvalue weighted by molar-refractivity contribution is -0.131. The van der Waals surface area contributed by atoms with Crippen LogP contribution in [0.2, 0.25) is 5.02 Å². The SMILES string of the molecule is CCCc1ccnc(C(=O)c2[nH]c3cc(Cl)ccc3c2OC(C)=O)c1. The largest absolute Gasteiger partial charge is 0.424 e. The summed E-state index contributed by atoms with van der Waals surface area (Å²) >= 11 is 6.01. The van der Waals surface area contributed by atoms with E-state index in [2.05, 4.69) is 16.9 Å². The zero-order valence-electron chi connectivity index (χ0n) is 13.9. The van der Waals surface area contributed by atoms with E-state index in [0.717, 1.165) is 18.4 Å². The summed E-state index contributed by atoms with van der Waals surface area (Å²) in [6.07, 6.45) is 3.45. The molecule has 25 heavy (non-hydrogen) atoms. The van der Waals surface area contributed by atoms with Crippen LogP contribution in [-0.4, -0.2) is 21.7 Å². The molecular weight excluding hydrogens is 340 g/mol. The van der Waals surface area contributed by atoms with Gasteiger partial charge in [-0.15, -0.1) is 0 Å². The quantitative estimate of drug-likeness (QED) is 0.545. The van der Waals surface area contributed by atoms with Crippen LogP contribution in [0.5, 0.6) is 5.75 Å². The summed E-state index contributed by atoms with van der Waals surface area (Å²) in [5.41, 5.74) is 2.15. The van der Waals surface area contributed by atoms with Crippen LogP contribution in [0.15, 0.2) is 36.5 Å². The first-order chi connectivity index (χ1) is 12.0. The number of benzene rings is 1. The Hall–Kier alpha value is -2.66. The van der Waals surface area contributed by atoms with Gasteiger partial charge in [-0.25, -0.2) is 0 Å². The van der Waals surface area contributed by atoms with Gasteiger partial charge in [0.25, 0.3) is 0 Å². The number of rotatable bonds is 5. The number of halogens is 1. The van der Waals surface area contributed by atoms with Crippen molar-refractivity contribution in [3.8, 4) is 5.75 Å². The van der Waals surface area contributed by atoms with Gasteiger partial charge in [-0.3, -0.25) is 14.6 Å². The number of ketones is 1. The van der Waals surface area contributed by atoms with E-state index >= 15 is 0 Å². The maximum Gasteiger partial charge on any atom is 0.308 e. The minimum Gasteiger partial charge on any atom is -0.424 e. The average Bonchev–Trinajstić information content (AvgIpc) is 2.91. The van der Waals surface area contributed by atoms with Gasteiger partial charge < -0.3 is 9.72 Å². The van der Waals surface area contributed by atoms with E-state index in [1.54, 1.807) is 30.5 Å². The van der Waals surface area contributed by atoms with Gasteiger partial charge in [0.2, 0.25) is 5.78 Å². The highest BCUT2D eigenvalue weighted by atomic mass is 35.5. The number of H-pyrrole nitrogens is 1. The Labute approximate surface area is 150 Å². The molecule has 6 heteroatoms. The molecule has 0 fully saturated rings. The molecule has 2 heterocycles. The number of hydrogen-bond acceptors (Lipinski definition) is 4. The number of carbonyl (C=O) groups is 2. The van der Waals surface area contributed by atoms with E-state index < -0.39 is 5.97 Å². The van der Waals surface area contributed by atoms with E-state index in [1.807, 2.05) is 6.07 Å². The first-order valence-corrected chi connectivity index (χ1v) is 8.36. The fraction of sp³-hybridized carbons (Fsp3) is 0.211. The topological polar surface area (TPSA) is 72.1 Å². The van der Waals surface area contributed by atoms with Crippen molar-refractivity contribution in [2.75, 3.05) is 0 Å². The summed E-state index contributed by atoms with van der Waals surface area (Å²) in [4.78, 5) is 31.6. The van der Waals surface area contributed by atoms with Crippen LogP contribution in [0.25, 0.3) is 10.9 Å². The Morgan fingerprint density at radius 2 is 2.04 bits per heavy atom. The molecule has 128 valence electrons. The van der Waals surface area contributed by atoms with E-state index in [0.29, 0.717) is 21.6 Å². The molecule has 0 bridgehead atoms. The smallest absolute Gasteiger partial charge is 0.308 e. The van der Waals surface area contributed by atoms with Crippen molar-refractivity contribution >= 4 is 34.3 Å². The summed E-state index contributed by atoms with van der Waals surface area (Å²) in [5, 5.41) is 1.14. The number of nitrogens with zero attached hydrogens (tertiary/aromatic N) is 1. The second kappa shape index (κ2) is 7.07. The highest BCUT2D eigenvalue weighted by Gasteiger charge is 2.23. The minimum absolute atomic E-state index is 0.189. The van der Waals surface area contributed by atoms with Crippen molar-refractivity contribution < 1.29 is 14.3 Å². The molecule has 0 radical (unpaired) electrons. The Morgan fingerprint density at radius 1 is 1.24 bits per heavy atom. The van der Waals surface area contributed by atoms with Crippen molar-refractivity contribution in [3.63, 3.8) is 0 Å². The fourth-order valence-corrected chi connectivity index (χ4v) is 2.90. The molecule has 0 atom stereocenters. The van der Waals surface area contributed by atoms with Gasteiger partial charge in [0.05, 0.1) is 5.52 Å². The highest BCUT2D eigenvalue weighted by molar-refractivity contribution is 6.31. The molecule has 5 nitrogen and oxygen atoms in total. The lowest BCUT2D eigenvalue weighted by atomic mass is 10.1. The maximum atomic E-state index is 12.9. The summed E-state index contributed by atoms with van der Waals surface area (Å²) in [5.74, 6) is -0.633. The van der Waals surface area contributed by atoms with Crippen molar-refractivity contribution in [3.05, 3.63) is 58.5 Å². The number of nitrogens with one attached hydrogen (secondary N) is 1. The first kappa shape index (κ1) is 17.2. The van der Waals surface area contributed by atoms with Crippen LogP contribution < -0.4 is 4.74 Å². The molecule has 0 saturated heterocycles. The van der Waals surface area contributed by atoms with Gasteiger partial charge in [-0.05, 0) is 42.3 Å². The summed E-state index contributed by atoms with van der Waals surface area (Å²) < 4.78 is 5.30. The summed E-state index contributed by atoms with van der Waals surface area (Å²) in [7, 11) is 0. The van der Waals surface area contributed by atoms with Crippen LogP contribution in [0, 0.1) is 0 Å². The lowest BCUT2D eigenvalue weighted by Gasteiger charge is -2.05. The first-order valence-electron chi connectivity index (χ1n) is 7.99. The molecule has 0 aliphatic heterocycles. The fourth-order valence-electron chi connectivity index (χ4n) is 2.72. The molecule has 1 aromatic carbocycles. The lowest BCUT2D eigenvalue weighted by Crippen LogP contribution is -2.09. The van der Waals surface area contributed by atoms with E-state index in [-0.39, 0.29) is 17.2 Å². The third kappa shape index (κ3) is 3.56. The molecular formula is C19H17ClN2O3. The third-order valence-corrected chi connectivity index (χ3v) is 4.02. The molecule has 0 aliphatic carbocycles. The average molecular weight is 357 g/mol. The van der Waals surface area contributed by atoms with Gasteiger partial charge in [0.15, 0.2) is 5.75 Å². The van der Waals surface area contributed by atoms with Crippen LogP contribution in [0.4, 0.5) is 0 Å². The normalized spacial score (nSPS) is 10.8. The Morgan fingerprint density at radius 3 is 2.76 bits per heavy atom. The number of aryl methyl sites for hydroxylation is 1. The Balaban J connectivity index is 2.11. The number of fused-ring (bicyclic) bond motifs is 1. The number of ether oxygens (including phenoxy) is 1. The molecule has 0 saturated carbocycles. The number of pyridine rings is 1.